The lowest BCUT2D eigenvalue weighted by Gasteiger charge is -2.11. The van der Waals surface area contributed by atoms with Crippen LogP contribution in [0.1, 0.15) is 5.56 Å². The Labute approximate surface area is 165 Å². The number of nitrogens with zero attached hydrogens (tertiary/aromatic N) is 3. The molecule has 2 heterocycles. The predicted octanol–water partition coefficient (Wildman–Crippen LogP) is 4.95. The Morgan fingerprint density at radius 2 is 1.93 bits per heavy atom. The van der Waals surface area contributed by atoms with Gasteiger partial charge in [-0.1, -0.05) is 41.4 Å². The van der Waals surface area contributed by atoms with E-state index in [1.54, 1.807) is 19.4 Å². The molecule has 0 saturated carbocycles. The monoisotopic (exact) mass is 399 g/mol. The van der Waals surface area contributed by atoms with Crippen molar-refractivity contribution in [2.24, 2.45) is 0 Å². The summed E-state index contributed by atoms with van der Waals surface area (Å²) in [5.41, 5.74) is 4.00. The Hall–Kier alpha value is -2.83. The van der Waals surface area contributed by atoms with Gasteiger partial charge in [0.2, 0.25) is 5.95 Å². The number of nitrogens with one attached hydrogen (secondary N) is 2. The van der Waals surface area contributed by atoms with Crippen molar-refractivity contribution in [3.8, 4) is 17.0 Å². The molecule has 0 spiro atoms. The fraction of sp³-hybridized carbons (Fsp3) is 0.105. The molecule has 0 unspecified atom stereocenters. The average molecular weight is 400 g/mol. The normalized spacial score (nSPS) is 10.9. The fourth-order valence-corrected chi connectivity index (χ4v) is 3.11. The zero-order chi connectivity index (χ0) is 18.8. The number of rotatable bonds is 5. The molecule has 8 heteroatoms. The third-order valence-electron chi connectivity index (χ3n) is 4.10. The quantitative estimate of drug-likeness (QED) is 0.496. The first-order chi connectivity index (χ1) is 13.2. The van der Waals surface area contributed by atoms with E-state index in [9.17, 15) is 0 Å². The second-order valence-corrected chi connectivity index (χ2v) is 6.64. The molecule has 2 aromatic heterocycles. The molecule has 2 N–H and O–H groups in total. The van der Waals surface area contributed by atoms with Crippen molar-refractivity contribution < 1.29 is 4.74 Å². The van der Waals surface area contributed by atoms with Crippen molar-refractivity contribution >= 4 is 40.2 Å². The number of H-pyrrole nitrogens is 1. The van der Waals surface area contributed by atoms with Crippen molar-refractivity contribution in [3.63, 3.8) is 0 Å². The van der Waals surface area contributed by atoms with E-state index in [1.165, 1.54) is 0 Å². The molecule has 0 bridgehead atoms. The Kier molecular flexibility index (Phi) is 4.83. The van der Waals surface area contributed by atoms with Crippen LogP contribution in [0.2, 0.25) is 10.0 Å². The van der Waals surface area contributed by atoms with Crippen LogP contribution in [-0.2, 0) is 6.54 Å². The standard InChI is InChI=1S/C19H15Cl2N5O/c1-27-16-5-3-2-4-12(16)17-18-15(10-23-26-18)24-19(25-17)22-9-11-6-7-13(20)14(21)8-11/h2-8,10H,9H2,1H3,(H,23,26)(H,22,24,25). The summed E-state index contributed by atoms with van der Waals surface area (Å²) in [6, 6.07) is 13.2. The lowest BCUT2D eigenvalue weighted by atomic mass is 10.1. The highest BCUT2D eigenvalue weighted by Gasteiger charge is 2.15. The molecule has 0 saturated heterocycles. The molecule has 0 aliphatic heterocycles. The van der Waals surface area contributed by atoms with Gasteiger partial charge in [-0.05, 0) is 29.8 Å². The minimum atomic E-state index is 0.482. The number of halogens is 2. The van der Waals surface area contributed by atoms with Crippen LogP contribution in [0.3, 0.4) is 0 Å². The summed E-state index contributed by atoms with van der Waals surface area (Å²) in [4.78, 5) is 9.19. The predicted molar refractivity (Wildman–Crippen MR) is 107 cm³/mol. The maximum absolute atomic E-state index is 6.08. The maximum atomic E-state index is 6.08. The van der Waals surface area contributed by atoms with E-state index in [1.807, 2.05) is 36.4 Å². The van der Waals surface area contributed by atoms with E-state index in [2.05, 4.69) is 25.5 Å². The largest absolute Gasteiger partial charge is 0.496 e. The molecular formula is C19H15Cl2N5O. The second-order valence-electron chi connectivity index (χ2n) is 5.83. The number of fused-ring (bicyclic) bond motifs is 1. The SMILES string of the molecule is COc1ccccc1-c1nc(NCc2ccc(Cl)c(Cl)c2)nc2cn[nH]c12. The molecule has 136 valence electrons. The van der Waals surface area contributed by atoms with Gasteiger partial charge in [-0.3, -0.25) is 5.10 Å². The van der Waals surface area contributed by atoms with Crippen LogP contribution < -0.4 is 10.1 Å². The lowest BCUT2D eigenvalue weighted by molar-refractivity contribution is 0.416. The number of hydrogen-bond acceptors (Lipinski definition) is 5. The van der Waals surface area contributed by atoms with Crippen molar-refractivity contribution in [3.05, 3.63) is 64.3 Å². The average Bonchev–Trinajstić information content (AvgIpc) is 3.17. The molecule has 6 nitrogen and oxygen atoms in total. The van der Waals surface area contributed by atoms with Gasteiger partial charge in [0, 0.05) is 12.1 Å². The highest BCUT2D eigenvalue weighted by molar-refractivity contribution is 6.42. The zero-order valence-electron chi connectivity index (χ0n) is 14.3. The van der Waals surface area contributed by atoms with Gasteiger partial charge in [0.25, 0.3) is 0 Å². The Bertz CT molecular complexity index is 1110. The molecule has 0 aliphatic rings. The number of ether oxygens (including phenoxy) is 1. The van der Waals surface area contributed by atoms with Crippen molar-refractivity contribution in [2.45, 2.75) is 6.54 Å². The molecule has 0 amide bonds. The summed E-state index contributed by atoms with van der Waals surface area (Å²) < 4.78 is 5.48. The summed E-state index contributed by atoms with van der Waals surface area (Å²) in [6.45, 7) is 0.506. The van der Waals surface area contributed by atoms with Gasteiger partial charge in [0.1, 0.15) is 22.5 Å². The summed E-state index contributed by atoms with van der Waals surface area (Å²) in [5, 5.41) is 11.3. The molecule has 27 heavy (non-hydrogen) atoms. The van der Waals surface area contributed by atoms with Gasteiger partial charge < -0.3 is 10.1 Å². The van der Waals surface area contributed by atoms with Gasteiger partial charge >= 0.3 is 0 Å². The first-order valence-corrected chi connectivity index (χ1v) is 8.93. The van der Waals surface area contributed by atoms with Crippen molar-refractivity contribution in [1.29, 1.82) is 0 Å². The summed E-state index contributed by atoms with van der Waals surface area (Å²) in [7, 11) is 1.63. The third kappa shape index (κ3) is 3.54. The Morgan fingerprint density at radius 3 is 2.74 bits per heavy atom. The smallest absolute Gasteiger partial charge is 0.224 e. The van der Waals surface area contributed by atoms with Crippen LogP contribution in [0, 0.1) is 0 Å². The molecule has 0 aliphatic carbocycles. The number of hydrogen-bond donors (Lipinski definition) is 2. The van der Waals surface area contributed by atoms with Crippen LogP contribution >= 0.6 is 23.2 Å². The summed E-state index contributed by atoms with van der Waals surface area (Å²) in [5.74, 6) is 1.21. The Morgan fingerprint density at radius 1 is 1.07 bits per heavy atom. The molecule has 0 atom stereocenters. The van der Waals surface area contributed by atoms with E-state index in [4.69, 9.17) is 27.9 Å². The van der Waals surface area contributed by atoms with Crippen LogP contribution in [0.25, 0.3) is 22.3 Å². The van der Waals surface area contributed by atoms with E-state index >= 15 is 0 Å². The van der Waals surface area contributed by atoms with E-state index in [-0.39, 0.29) is 0 Å². The zero-order valence-corrected chi connectivity index (χ0v) is 15.8. The summed E-state index contributed by atoms with van der Waals surface area (Å²) in [6.07, 6.45) is 1.67. The van der Waals surface area contributed by atoms with Crippen LogP contribution in [-0.4, -0.2) is 27.3 Å². The van der Waals surface area contributed by atoms with Gasteiger partial charge in [-0.15, -0.1) is 0 Å². The van der Waals surface area contributed by atoms with Gasteiger partial charge in [-0.2, -0.15) is 5.10 Å². The number of aromatic amines is 1. The van der Waals surface area contributed by atoms with E-state index in [0.29, 0.717) is 33.7 Å². The molecule has 0 fully saturated rings. The number of para-hydroxylation sites is 1. The molecule has 2 aromatic carbocycles. The minimum absolute atomic E-state index is 0.482. The highest BCUT2D eigenvalue weighted by atomic mass is 35.5. The first kappa shape index (κ1) is 17.6. The summed E-state index contributed by atoms with van der Waals surface area (Å²) >= 11 is 12.0. The topological polar surface area (TPSA) is 75.7 Å². The molecule has 0 radical (unpaired) electrons. The third-order valence-corrected chi connectivity index (χ3v) is 4.84. The maximum Gasteiger partial charge on any atom is 0.224 e. The van der Waals surface area contributed by atoms with Crippen molar-refractivity contribution in [2.75, 3.05) is 12.4 Å². The Balaban J connectivity index is 1.71. The van der Waals surface area contributed by atoms with Crippen LogP contribution in [0.4, 0.5) is 5.95 Å². The minimum Gasteiger partial charge on any atom is -0.496 e. The lowest BCUT2D eigenvalue weighted by Crippen LogP contribution is -2.05. The van der Waals surface area contributed by atoms with Crippen LogP contribution in [0.5, 0.6) is 5.75 Å². The molecule has 4 aromatic rings. The highest BCUT2D eigenvalue weighted by Crippen LogP contribution is 2.32. The van der Waals surface area contributed by atoms with E-state index < -0.39 is 0 Å². The fourth-order valence-electron chi connectivity index (χ4n) is 2.78. The van der Waals surface area contributed by atoms with E-state index in [0.717, 1.165) is 22.4 Å². The van der Waals surface area contributed by atoms with Gasteiger partial charge in [0.05, 0.1) is 23.4 Å². The van der Waals surface area contributed by atoms with Gasteiger partial charge in [0.15, 0.2) is 0 Å². The van der Waals surface area contributed by atoms with Crippen LogP contribution in [0.15, 0.2) is 48.7 Å². The second kappa shape index (κ2) is 7.42. The molecular weight excluding hydrogens is 385 g/mol. The van der Waals surface area contributed by atoms with Gasteiger partial charge in [-0.25, -0.2) is 9.97 Å². The molecule has 4 rings (SSSR count). The van der Waals surface area contributed by atoms with Crippen molar-refractivity contribution in [1.82, 2.24) is 20.2 Å². The number of anilines is 1. The first-order valence-electron chi connectivity index (χ1n) is 8.18. The number of methoxy groups -OCH3 is 1. The number of aromatic nitrogens is 4. The number of benzene rings is 2.